The van der Waals surface area contributed by atoms with Crippen molar-refractivity contribution in [3.05, 3.63) is 66.4 Å². The van der Waals surface area contributed by atoms with Crippen molar-refractivity contribution in [2.45, 2.75) is 125 Å². The van der Waals surface area contributed by atoms with E-state index in [4.69, 9.17) is 4.74 Å². The fraction of sp³-hybridized carbons (Fsp3) is 0.683. The van der Waals surface area contributed by atoms with E-state index in [0.29, 0.717) is 0 Å². The Morgan fingerprint density at radius 2 is 1.59 bits per heavy atom. The van der Waals surface area contributed by atoms with Crippen LogP contribution in [-0.4, -0.2) is 75.6 Å². The highest BCUT2D eigenvalue weighted by Crippen LogP contribution is 2.25. The van der Waals surface area contributed by atoms with Crippen molar-refractivity contribution in [2.75, 3.05) is 64.4 Å². The molecule has 5 heteroatoms. The Bertz CT molecular complexity index is 903. The van der Waals surface area contributed by atoms with Crippen molar-refractivity contribution < 1.29 is 9.53 Å². The van der Waals surface area contributed by atoms with Gasteiger partial charge in [-0.2, -0.15) is 0 Å². The fourth-order valence-corrected chi connectivity index (χ4v) is 5.55. The zero-order chi connectivity index (χ0) is 34.3. The highest BCUT2D eigenvalue weighted by Gasteiger charge is 2.16. The highest BCUT2D eigenvalue weighted by molar-refractivity contribution is 5.78. The van der Waals surface area contributed by atoms with Crippen LogP contribution in [-0.2, 0) is 11.2 Å². The highest BCUT2D eigenvalue weighted by atomic mass is 16.5. The Kier molecular flexibility index (Phi) is 29.6. The second-order valence-electron chi connectivity index (χ2n) is 12.2. The molecule has 0 radical (unpaired) electrons. The van der Waals surface area contributed by atoms with Crippen LogP contribution < -0.4 is 4.90 Å². The number of hydrogen-bond acceptors (Lipinski definition) is 5. The molecule has 5 nitrogen and oxygen atoms in total. The third-order valence-electron chi connectivity index (χ3n) is 8.41. The molecule has 2 rings (SSSR count). The molecule has 1 heterocycles. The van der Waals surface area contributed by atoms with E-state index in [1.807, 2.05) is 26.0 Å². The van der Waals surface area contributed by atoms with Gasteiger partial charge in [-0.15, -0.1) is 6.58 Å². The standard InChI is InChI=1S/C33H53N3O2.C6H14.C2H6/c1-5-7-17-32-19-18-31(29-37)28-33(32)36(22-8-6-2)26-25-35(24-23-34-20-13-11-14-21-34)30(3)16-12-9-10-15-27-38-4;1-3-5-6-4-2;1-2/h6,12,16,18-19,28-29H,2-3,5,7-11,13-15,17,20-27H2,1,4H3;3-6H2,1-2H3;1-2H3/b16-12+;;. The summed E-state index contributed by atoms with van der Waals surface area (Å²) in [5, 5.41) is 0. The van der Waals surface area contributed by atoms with Gasteiger partial charge in [0.1, 0.15) is 6.29 Å². The van der Waals surface area contributed by atoms with Gasteiger partial charge < -0.3 is 19.4 Å². The SMILES string of the molecule is C=CCCN(CCN(CCN1CCCCC1)C(=C)/C=C/CCCCOC)c1cc(C=O)ccc1CCCC.CC.CCCCCC. The minimum absolute atomic E-state index is 0.742. The van der Waals surface area contributed by atoms with Crippen LogP contribution in [0.15, 0.2) is 55.3 Å². The minimum atomic E-state index is 0.742. The second-order valence-corrected chi connectivity index (χ2v) is 12.2. The quantitative estimate of drug-likeness (QED) is 0.0487. The van der Waals surface area contributed by atoms with Crippen LogP contribution in [0.5, 0.6) is 0 Å². The summed E-state index contributed by atoms with van der Waals surface area (Å²) in [7, 11) is 1.76. The number of aldehydes is 1. The van der Waals surface area contributed by atoms with Crippen LogP contribution in [0.25, 0.3) is 0 Å². The number of carbonyl (C=O) groups excluding carboxylic acids is 1. The van der Waals surface area contributed by atoms with E-state index in [9.17, 15) is 4.79 Å². The molecule has 0 amide bonds. The number of nitrogens with zero attached hydrogens (tertiary/aromatic N) is 3. The first-order chi connectivity index (χ1) is 22.5. The molecule has 0 unspecified atom stereocenters. The molecule has 0 atom stereocenters. The number of rotatable bonds is 24. The van der Waals surface area contributed by atoms with E-state index in [0.717, 1.165) is 102 Å². The molecule has 1 aromatic carbocycles. The largest absolute Gasteiger partial charge is 0.385 e. The molecule has 0 bridgehead atoms. The van der Waals surface area contributed by atoms with E-state index < -0.39 is 0 Å². The molecule has 0 spiro atoms. The number of aryl methyl sites for hydroxylation is 1. The van der Waals surface area contributed by atoms with E-state index in [1.54, 1.807) is 7.11 Å². The van der Waals surface area contributed by atoms with Crippen LogP contribution in [0.3, 0.4) is 0 Å². The third-order valence-corrected chi connectivity index (χ3v) is 8.41. The summed E-state index contributed by atoms with van der Waals surface area (Å²) in [4.78, 5) is 19.1. The first kappa shape index (κ1) is 43.6. The molecule has 0 saturated carbocycles. The van der Waals surface area contributed by atoms with Crippen LogP contribution >= 0.6 is 0 Å². The van der Waals surface area contributed by atoms with Gasteiger partial charge in [-0.05, 0) is 82.2 Å². The second kappa shape index (κ2) is 31.2. The smallest absolute Gasteiger partial charge is 0.150 e. The van der Waals surface area contributed by atoms with Crippen LogP contribution in [0.2, 0.25) is 0 Å². The Hall–Kier alpha value is -2.37. The Morgan fingerprint density at radius 3 is 2.20 bits per heavy atom. The number of unbranched alkanes of at least 4 members (excludes halogenated alkanes) is 6. The summed E-state index contributed by atoms with van der Waals surface area (Å²) in [6.45, 7) is 27.1. The lowest BCUT2D eigenvalue weighted by Gasteiger charge is -2.34. The lowest BCUT2D eigenvalue weighted by molar-refractivity contribution is 0.112. The van der Waals surface area contributed by atoms with Gasteiger partial charge in [0.15, 0.2) is 0 Å². The van der Waals surface area contributed by atoms with Gasteiger partial charge >= 0.3 is 0 Å². The van der Waals surface area contributed by atoms with Crippen molar-refractivity contribution in [2.24, 2.45) is 0 Å². The number of anilines is 1. The van der Waals surface area contributed by atoms with Gasteiger partial charge in [-0.3, -0.25) is 4.79 Å². The van der Waals surface area contributed by atoms with Crippen LogP contribution in [0.4, 0.5) is 5.69 Å². The number of carbonyl (C=O) groups is 1. The maximum absolute atomic E-state index is 11.6. The molecular formula is C41H73N3O2. The molecule has 1 aromatic rings. The van der Waals surface area contributed by atoms with Crippen molar-refractivity contribution in [1.82, 2.24) is 9.80 Å². The molecule has 0 aromatic heterocycles. The maximum atomic E-state index is 11.6. The van der Waals surface area contributed by atoms with Crippen LogP contribution in [0.1, 0.15) is 134 Å². The number of benzene rings is 1. The fourth-order valence-electron chi connectivity index (χ4n) is 5.55. The normalized spacial score (nSPS) is 12.9. The number of ether oxygens (including phenoxy) is 1. The summed E-state index contributed by atoms with van der Waals surface area (Å²) >= 11 is 0. The van der Waals surface area contributed by atoms with Gasteiger partial charge in [0.2, 0.25) is 0 Å². The maximum Gasteiger partial charge on any atom is 0.150 e. The van der Waals surface area contributed by atoms with Gasteiger partial charge in [0.25, 0.3) is 0 Å². The number of allylic oxidation sites excluding steroid dienone is 2. The number of methoxy groups -OCH3 is 1. The van der Waals surface area contributed by atoms with Crippen molar-refractivity contribution in [3.8, 4) is 0 Å². The average Bonchev–Trinajstić information content (AvgIpc) is 3.10. The topological polar surface area (TPSA) is 36.0 Å². The monoisotopic (exact) mass is 640 g/mol. The molecule has 46 heavy (non-hydrogen) atoms. The lowest BCUT2D eigenvalue weighted by atomic mass is 10.0. The first-order valence-corrected chi connectivity index (χ1v) is 18.8. The van der Waals surface area contributed by atoms with Crippen molar-refractivity contribution in [3.63, 3.8) is 0 Å². The minimum Gasteiger partial charge on any atom is -0.385 e. The summed E-state index contributed by atoms with van der Waals surface area (Å²) in [5.41, 5.74) is 4.35. The summed E-state index contributed by atoms with van der Waals surface area (Å²) < 4.78 is 5.18. The van der Waals surface area contributed by atoms with Gasteiger partial charge in [0.05, 0.1) is 0 Å². The molecule has 0 N–H and O–H groups in total. The Labute approximate surface area is 286 Å². The van der Waals surface area contributed by atoms with E-state index in [2.05, 4.69) is 72.9 Å². The van der Waals surface area contributed by atoms with Crippen LogP contribution in [0, 0.1) is 0 Å². The molecule has 1 aliphatic rings. The summed E-state index contributed by atoms with van der Waals surface area (Å²) in [6, 6.07) is 6.18. The number of likely N-dealkylation sites (tertiary alicyclic amines) is 1. The predicted molar refractivity (Wildman–Crippen MR) is 205 cm³/mol. The summed E-state index contributed by atoms with van der Waals surface area (Å²) in [6.07, 6.45) is 24.5. The molecule has 1 saturated heterocycles. The predicted octanol–water partition coefficient (Wildman–Crippen LogP) is 10.5. The Morgan fingerprint density at radius 1 is 0.891 bits per heavy atom. The molecule has 1 aliphatic heterocycles. The summed E-state index contributed by atoms with van der Waals surface area (Å²) in [5.74, 6) is 0. The molecule has 0 aliphatic carbocycles. The van der Waals surface area contributed by atoms with Gasteiger partial charge in [0, 0.05) is 63.4 Å². The van der Waals surface area contributed by atoms with Gasteiger partial charge in [-0.1, -0.05) is 104 Å². The zero-order valence-electron chi connectivity index (χ0n) is 31.2. The molecule has 264 valence electrons. The van der Waals surface area contributed by atoms with Crippen molar-refractivity contribution >= 4 is 12.0 Å². The van der Waals surface area contributed by atoms with E-state index in [-0.39, 0.29) is 0 Å². The molecular weight excluding hydrogens is 566 g/mol. The molecule has 1 fully saturated rings. The average molecular weight is 640 g/mol. The van der Waals surface area contributed by atoms with Gasteiger partial charge in [-0.25, -0.2) is 0 Å². The van der Waals surface area contributed by atoms with E-state index in [1.165, 1.54) is 69.3 Å². The van der Waals surface area contributed by atoms with Crippen molar-refractivity contribution in [1.29, 1.82) is 0 Å². The Balaban J connectivity index is 0.00000226. The zero-order valence-corrected chi connectivity index (χ0v) is 31.2. The first-order valence-electron chi connectivity index (χ1n) is 18.8. The number of hydrogen-bond donors (Lipinski definition) is 0. The number of piperidine rings is 1. The third kappa shape index (κ3) is 20.7. The lowest BCUT2D eigenvalue weighted by Crippen LogP contribution is -2.40. The van der Waals surface area contributed by atoms with E-state index >= 15 is 0 Å².